The van der Waals surface area contributed by atoms with Crippen LogP contribution in [0.2, 0.25) is 0 Å². The summed E-state index contributed by atoms with van der Waals surface area (Å²) in [5, 5.41) is 3.04. The van der Waals surface area contributed by atoms with Gasteiger partial charge in [-0.15, -0.1) is 0 Å². The van der Waals surface area contributed by atoms with Gasteiger partial charge in [0.05, 0.1) is 0 Å². The summed E-state index contributed by atoms with van der Waals surface area (Å²) in [6.07, 6.45) is 0. The second-order valence-corrected chi connectivity index (χ2v) is 4.23. The van der Waals surface area contributed by atoms with E-state index >= 15 is 0 Å². The van der Waals surface area contributed by atoms with E-state index in [1.807, 2.05) is 13.1 Å². The Labute approximate surface area is 97.5 Å². The molecule has 0 aromatic heterocycles. The van der Waals surface area contributed by atoms with Crippen LogP contribution in [0.4, 0.5) is 10.1 Å². The molecule has 1 rings (SSSR count). The van der Waals surface area contributed by atoms with E-state index in [0.29, 0.717) is 12.6 Å². The molecule has 90 valence electrons. The van der Waals surface area contributed by atoms with Gasteiger partial charge >= 0.3 is 0 Å². The Kier molecular flexibility index (Phi) is 4.74. The first-order chi connectivity index (χ1) is 7.58. The molecule has 16 heavy (non-hydrogen) atoms. The van der Waals surface area contributed by atoms with Crippen LogP contribution in [-0.2, 0) is 6.54 Å². The van der Waals surface area contributed by atoms with Crippen LogP contribution in [0.5, 0.6) is 0 Å². The number of benzene rings is 1. The summed E-state index contributed by atoms with van der Waals surface area (Å²) in [4.78, 5) is 2.18. The smallest absolute Gasteiger partial charge is 0.125 e. The van der Waals surface area contributed by atoms with Crippen LogP contribution in [0.15, 0.2) is 18.2 Å². The molecular formula is C13H21FN2. The van der Waals surface area contributed by atoms with Crippen molar-refractivity contribution in [3.8, 4) is 0 Å². The Morgan fingerprint density at radius 3 is 2.50 bits per heavy atom. The molecule has 0 aliphatic carbocycles. The number of hydrogen-bond donors (Lipinski definition) is 1. The first-order valence-electron chi connectivity index (χ1n) is 5.79. The Morgan fingerprint density at radius 1 is 1.31 bits per heavy atom. The maximum Gasteiger partial charge on any atom is 0.125 e. The van der Waals surface area contributed by atoms with Crippen molar-refractivity contribution >= 4 is 5.69 Å². The molecule has 1 N–H and O–H groups in total. The zero-order chi connectivity index (χ0) is 12.1. The van der Waals surface area contributed by atoms with E-state index in [1.165, 1.54) is 0 Å². The van der Waals surface area contributed by atoms with E-state index in [0.717, 1.165) is 17.8 Å². The fourth-order valence-electron chi connectivity index (χ4n) is 1.95. The van der Waals surface area contributed by atoms with Gasteiger partial charge in [0.15, 0.2) is 0 Å². The Balaban J connectivity index is 3.02. The number of nitrogens with zero attached hydrogens (tertiary/aromatic N) is 1. The summed E-state index contributed by atoms with van der Waals surface area (Å²) in [5.41, 5.74) is 1.94. The van der Waals surface area contributed by atoms with Gasteiger partial charge in [0, 0.05) is 24.8 Å². The van der Waals surface area contributed by atoms with Crippen LogP contribution in [0, 0.1) is 5.82 Å². The highest BCUT2D eigenvalue weighted by molar-refractivity contribution is 5.49. The zero-order valence-corrected chi connectivity index (χ0v) is 10.5. The van der Waals surface area contributed by atoms with Gasteiger partial charge < -0.3 is 10.2 Å². The monoisotopic (exact) mass is 224 g/mol. The normalized spacial score (nSPS) is 10.9. The first kappa shape index (κ1) is 13.0. The van der Waals surface area contributed by atoms with Gasteiger partial charge in [-0.05, 0) is 51.6 Å². The third-order valence-electron chi connectivity index (χ3n) is 2.62. The van der Waals surface area contributed by atoms with Gasteiger partial charge in [-0.3, -0.25) is 0 Å². The maximum absolute atomic E-state index is 13.5. The average Bonchev–Trinajstić information content (AvgIpc) is 2.17. The second kappa shape index (κ2) is 5.85. The number of hydrogen-bond acceptors (Lipinski definition) is 2. The Hall–Kier alpha value is -1.09. The third-order valence-corrected chi connectivity index (χ3v) is 2.62. The summed E-state index contributed by atoms with van der Waals surface area (Å²) >= 11 is 0. The van der Waals surface area contributed by atoms with Crippen molar-refractivity contribution in [2.75, 3.05) is 18.5 Å². The molecule has 0 heterocycles. The lowest BCUT2D eigenvalue weighted by Gasteiger charge is -2.28. The molecule has 2 nitrogen and oxygen atoms in total. The molecule has 1 aromatic carbocycles. The van der Waals surface area contributed by atoms with Crippen molar-refractivity contribution in [3.63, 3.8) is 0 Å². The standard InChI is InChI=1S/C13H21FN2/c1-5-16(10(2)3)13-7-11(9-15-4)6-12(14)8-13/h6-8,10,15H,5,9H2,1-4H3. The minimum atomic E-state index is -0.165. The van der Waals surface area contributed by atoms with Crippen LogP contribution in [-0.4, -0.2) is 19.6 Å². The lowest BCUT2D eigenvalue weighted by Crippen LogP contribution is -2.30. The van der Waals surface area contributed by atoms with E-state index in [9.17, 15) is 4.39 Å². The van der Waals surface area contributed by atoms with E-state index in [1.54, 1.807) is 12.1 Å². The molecule has 0 aliphatic heterocycles. The van der Waals surface area contributed by atoms with Crippen molar-refractivity contribution in [1.82, 2.24) is 5.32 Å². The zero-order valence-electron chi connectivity index (χ0n) is 10.5. The topological polar surface area (TPSA) is 15.3 Å². The Bertz CT molecular complexity index is 337. The highest BCUT2D eigenvalue weighted by Crippen LogP contribution is 2.20. The van der Waals surface area contributed by atoms with Gasteiger partial charge in [0.25, 0.3) is 0 Å². The molecule has 0 aliphatic rings. The molecule has 0 radical (unpaired) electrons. The molecule has 1 aromatic rings. The highest BCUT2D eigenvalue weighted by Gasteiger charge is 2.10. The van der Waals surface area contributed by atoms with Crippen LogP contribution >= 0.6 is 0 Å². The molecule has 0 atom stereocenters. The lowest BCUT2D eigenvalue weighted by molar-refractivity contribution is 0.619. The van der Waals surface area contributed by atoms with Crippen LogP contribution in [0.1, 0.15) is 26.3 Å². The summed E-state index contributed by atoms with van der Waals surface area (Å²) < 4.78 is 13.5. The van der Waals surface area contributed by atoms with Crippen molar-refractivity contribution in [1.29, 1.82) is 0 Å². The van der Waals surface area contributed by atoms with Gasteiger partial charge in [-0.1, -0.05) is 0 Å². The van der Waals surface area contributed by atoms with E-state index in [-0.39, 0.29) is 5.82 Å². The van der Waals surface area contributed by atoms with Crippen molar-refractivity contribution in [2.45, 2.75) is 33.4 Å². The quantitative estimate of drug-likeness (QED) is 0.827. The van der Waals surface area contributed by atoms with E-state index in [4.69, 9.17) is 0 Å². The summed E-state index contributed by atoms with van der Waals surface area (Å²) in [5.74, 6) is -0.165. The number of rotatable bonds is 5. The second-order valence-electron chi connectivity index (χ2n) is 4.23. The van der Waals surface area contributed by atoms with Crippen LogP contribution < -0.4 is 10.2 Å². The van der Waals surface area contributed by atoms with Crippen LogP contribution in [0.25, 0.3) is 0 Å². The van der Waals surface area contributed by atoms with Gasteiger partial charge in [0.2, 0.25) is 0 Å². The van der Waals surface area contributed by atoms with Gasteiger partial charge in [-0.25, -0.2) is 4.39 Å². The molecule has 0 bridgehead atoms. The van der Waals surface area contributed by atoms with Crippen molar-refractivity contribution in [3.05, 3.63) is 29.6 Å². The number of anilines is 1. The minimum Gasteiger partial charge on any atom is -0.369 e. The molecule has 0 spiro atoms. The Morgan fingerprint density at radius 2 is 2.00 bits per heavy atom. The predicted molar refractivity (Wildman–Crippen MR) is 67.3 cm³/mol. The molecule has 0 amide bonds. The predicted octanol–water partition coefficient (Wildman–Crippen LogP) is 2.78. The fourth-order valence-corrected chi connectivity index (χ4v) is 1.95. The molecule has 0 unspecified atom stereocenters. The lowest BCUT2D eigenvalue weighted by atomic mass is 10.1. The van der Waals surface area contributed by atoms with Gasteiger partial charge in [0.1, 0.15) is 5.82 Å². The number of nitrogens with one attached hydrogen (secondary N) is 1. The van der Waals surface area contributed by atoms with E-state index < -0.39 is 0 Å². The third kappa shape index (κ3) is 3.20. The molecule has 0 saturated heterocycles. The summed E-state index contributed by atoms with van der Waals surface area (Å²) in [6, 6.07) is 5.61. The number of halogens is 1. The average molecular weight is 224 g/mol. The first-order valence-corrected chi connectivity index (χ1v) is 5.79. The molecule has 0 fully saturated rings. The van der Waals surface area contributed by atoms with E-state index in [2.05, 4.69) is 31.0 Å². The summed E-state index contributed by atoms with van der Waals surface area (Å²) in [7, 11) is 1.87. The SMILES string of the molecule is CCN(c1cc(F)cc(CNC)c1)C(C)C. The van der Waals surface area contributed by atoms with Crippen molar-refractivity contribution < 1.29 is 4.39 Å². The largest absolute Gasteiger partial charge is 0.369 e. The highest BCUT2D eigenvalue weighted by atomic mass is 19.1. The van der Waals surface area contributed by atoms with Crippen molar-refractivity contribution in [2.24, 2.45) is 0 Å². The minimum absolute atomic E-state index is 0.165. The molecular weight excluding hydrogens is 203 g/mol. The summed E-state index contributed by atoms with van der Waals surface area (Å²) in [6.45, 7) is 7.90. The molecule has 3 heteroatoms. The van der Waals surface area contributed by atoms with Crippen LogP contribution in [0.3, 0.4) is 0 Å². The maximum atomic E-state index is 13.5. The van der Waals surface area contributed by atoms with Gasteiger partial charge in [-0.2, -0.15) is 0 Å². The molecule has 0 saturated carbocycles. The fraction of sp³-hybridized carbons (Fsp3) is 0.538.